The highest BCUT2D eigenvalue weighted by atomic mass is 16.5. The molecule has 6 nitrogen and oxygen atoms in total. The van der Waals surface area contributed by atoms with Gasteiger partial charge in [-0.05, 0) is 20.3 Å². The molecule has 0 saturated carbocycles. The molecule has 0 aromatic carbocycles. The van der Waals surface area contributed by atoms with Crippen LogP contribution in [0.2, 0.25) is 0 Å². The van der Waals surface area contributed by atoms with E-state index in [2.05, 4.69) is 22.5 Å². The Morgan fingerprint density at radius 2 is 1.95 bits per heavy atom. The first-order valence-corrected chi connectivity index (χ1v) is 7.10. The van der Waals surface area contributed by atoms with Crippen LogP contribution < -0.4 is 10.6 Å². The molecule has 0 aliphatic heterocycles. The van der Waals surface area contributed by atoms with Gasteiger partial charge in [0.25, 0.3) is 0 Å². The Kier molecular flexibility index (Phi) is 8.96. The maximum absolute atomic E-state index is 11.6. The van der Waals surface area contributed by atoms with Gasteiger partial charge in [0.2, 0.25) is 5.91 Å². The quantitative estimate of drug-likeness (QED) is 0.394. The molecule has 2 N–H and O–H groups in total. The molecule has 20 heavy (non-hydrogen) atoms. The van der Waals surface area contributed by atoms with Crippen LogP contribution in [0.15, 0.2) is 4.99 Å². The smallest absolute Gasteiger partial charge is 0.243 e. The normalized spacial score (nSPS) is 12.2. The monoisotopic (exact) mass is 286 g/mol. The number of nitrogens with one attached hydrogen (secondary N) is 2. The number of carbonyl (C=O) groups is 1. The number of guanidine groups is 1. The standard InChI is InChI=1S/C14H30N4O2/c1-7-8-9-15-13(16-10-12(19)18(4)5)17-11-14(2,3)20-6/h7-11H2,1-6H3,(H2,15,16,17). The summed E-state index contributed by atoms with van der Waals surface area (Å²) >= 11 is 0. The van der Waals surface area contributed by atoms with E-state index in [9.17, 15) is 4.79 Å². The third kappa shape index (κ3) is 8.74. The number of rotatable bonds is 8. The van der Waals surface area contributed by atoms with Gasteiger partial charge < -0.3 is 20.3 Å². The minimum Gasteiger partial charge on any atom is -0.377 e. The van der Waals surface area contributed by atoms with Crippen LogP contribution in [-0.2, 0) is 9.53 Å². The van der Waals surface area contributed by atoms with E-state index in [-0.39, 0.29) is 18.1 Å². The van der Waals surface area contributed by atoms with Gasteiger partial charge >= 0.3 is 0 Å². The molecule has 0 fully saturated rings. The number of unbranched alkanes of at least 4 members (excludes halogenated alkanes) is 1. The van der Waals surface area contributed by atoms with Gasteiger partial charge in [0.05, 0.1) is 5.60 Å². The van der Waals surface area contributed by atoms with Crippen molar-refractivity contribution in [2.45, 2.75) is 39.2 Å². The molecule has 118 valence electrons. The Morgan fingerprint density at radius 3 is 2.45 bits per heavy atom. The zero-order valence-electron chi connectivity index (χ0n) is 13.7. The van der Waals surface area contributed by atoms with Crippen LogP contribution in [0.5, 0.6) is 0 Å². The number of methoxy groups -OCH3 is 1. The van der Waals surface area contributed by atoms with Crippen LogP contribution in [0.3, 0.4) is 0 Å². The molecule has 1 amide bonds. The fourth-order valence-corrected chi connectivity index (χ4v) is 1.21. The maximum Gasteiger partial charge on any atom is 0.243 e. The van der Waals surface area contributed by atoms with Gasteiger partial charge in [-0.1, -0.05) is 13.3 Å². The topological polar surface area (TPSA) is 66.0 Å². The van der Waals surface area contributed by atoms with E-state index in [1.807, 2.05) is 13.8 Å². The molecule has 0 bridgehead atoms. The van der Waals surface area contributed by atoms with Gasteiger partial charge in [0.1, 0.15) is 6.54 Å². The zero-order chi connectivity index (χ0) is 15.6. The first-order chi connectivity index (χ1) is 9.32. The average molecular weight is 286 g/mol. The molecule has 6 heteroatoms. The van der Waals surface area contributed by atoms with Gasteiger partial charge in [-0.2, -0.15) is 0 Å². The maximum atomic E-state index is 11.6. The first-order valence-electron chi connectivity index (χ1n) is 7.10. The Balaban J connectivity index is 4.47. The third-order valence-electron chi connectivity index (χ3n) is 2.93. The van der Waals surface area contributed by atoms with Crippen molar-refractivity contribution in [1.82, 2.24) is 15.5 Å². The van der Waals surface area contributed by atoms with Gasteiger partial charge in [0.15, 0.2) is 5.96 Å². The SMILES string of the molecule is CCCCNC(=NCC(=O)N(C)C)NCC(C)(C)OC. The summed E-state index contributed by atoms with van der Waals surface area (Å²) < 4.78 is 5.36. The number of ether oxygens (including phenoxy) is 1. The molecule has 0 rings (SSSR count). The Labute approximate surface area is 123 Å². The minimum absolute atomic E-state index is 0.0207. The second kappa shape index (κ2) is 9.58. The first kappa shape index (κ1) is 18.7. The molecule has 0 saturated heterocycles. The van der Waals surface area contributed by atoms with E-state index in [0.717, 1.165) is 19.4 Å². The summed E-state index contributed by atoms with van der Waals surface area (Å²) in [5.41, 5.74) is -0.279. The van der Waals surface area contributed by atoms with Crippen LogP contribution in [0.4, 0.5) is 0 Å². The zero-order valence-corrected chi connectivity index (χ0v) is 13.7. The van der Waals surface area contributed by atoms with Crippen molar-refractivity contribution >= 4 is 11.9 Å². The average Bonchev–Trinajstić information content (AvgIpc) is 2.40. The van der Waals surface area contributed by atoms with Crippen LogP contribution in [-0.4, -0.2) is 63.2 Å². The lowest BCUT2D eigenvalue weighted by atomic mass is 10.1. The Hall–Kier alpha value is -1.30. The summed E-state index contributed by atoms with van der Waals surface area (Å²) in [7, 11) is 5.13. The van der Waals surface area contributed by atoms with Gasteiger partial charge in [-0.15, -0.1) is 0 Å². The summed E-state index contributed by atoms with van der Waals surface area (Å²) in [6.07, 6.45) is 2.18. The van der Waals surface area contributed by atoms with Crippen LogP contribution in [0.1, 0.15) is 33.6 Å². The molecular formula is C14H30N4O2. The highest BCUT2D eigenvalue weighted by Crippen LogP contribution is 2.04. The van der Waals surface area contributed by atoms with Gasteiger partial charge in [0, 0.05) is 34.3 Å². The van der Waals surface area contributed by atoms with E-state index in [4.69, 9.17) is 4.74 Å². The molecule has 0 spiro atoms. The fraction of sp³-hybridized carbons (Fsp3) is 0.857. The van der Waals surface area contributed by atoms with Crippen molar-refractivity contribution in [2.75, 3.05) is 40.8 Å². The highest BCUT2D eigenvalue weighted by molar-refractivity contribution is 5.84. The van der Waals surface area contributed by atoms with Crippen LogP contribution in [0.25, 0.3) is 0 Å². The number of aliphatic imine (C=N–C) groups is 1. The predicted molar refractivity (Wildman–Crippen MR) is 83.0 cm³/mol. The lowest BCUT2D eigenvalue weighted by molar-refractivity contribution is -0.127. The van der Waals surface area contributed by atoms with E-state index in [1.165, 1.54) is 4.90 Å². The van der Waals surface area contributed by atoms with E-state index in [1.54, 1.807) is 21.2 Å². The highest BCUT2D eigenvalue weighted by Gasteiger charge is 2.16. The molecule has 0 aromatic rings. The number of hydrogen-bond donors (Lipinski definition) is 2. The summed E-state index contributed by atoms with van der Waals surface area (Å²) in [6, 6.07) is 0. The summed E-state index contributed by atoms with van der Waals surface area (Å²) in [5.74, 6) is 0.631. The minimum atomic E-state index is -0.279. The number of likely N-dealkylation sites (N-methyl/N-ethyl adjacent to an activating group) is 1. The molecular weight excluding hydrogens is 256 g/mol. The molecule has 0 radical (unpaired) electrons. The fourth-order valence-electron chi connectivity index (χ4n) is 1.21. The van der Waals surface area contributed by atoms with E-state index >= 15 is 0 Å². The van der Waals surface area contributed by atoms with E-state index < -0.39 is 0 Å². The lowest BCUT2D eigenvalue weighted by Crippen LogP contribution is -2.46. The number of carbonyl (C=O) groups excluding carboxylic acids is 1. The lowest BCUT2D eigenvalue weighted by Gasteiger charge is -2.24. The van der Waals surface area contributed by atoms with Gasteiger partial charge in [-0.3, -0.25) is 4.79 Å². The van der Waals surface area contributed by atoms with Crippen LogP contribution in [0, 0.1) is 0 Å². The molecule has 0 unspecified atom stereocenters. The number of hydrogen-bond acceptors (Lipinski definition) is 3. The Bertz CT molecular complexity index is 314. The molecule has 0 aliphatic rings. The molecule has 0 aliphatic carbocycles. The summed E-state index contributed by atoms with van der Waals surface area (Å²) in [6.45, 7) is 7.73. The van der Waals surface area contributed by atoms with Crippen LogP contribution >= 0.6 is 0 Å². The summed E-state index contributed by atoms with van der Waals surface area (Å²) in [4.78, 5) is 17.4. The third-order valence-corrected chi connectivity index (χ3v) is 2.93. The van der Waals surface area contributed by atoms with Gasteiger partial charge in [-0.25, -0.2) is 4.99 Å². The molecule has 0 atom stereocenters. The van der Waals surface area contributed by atoms with Crippen molar-refractivity contribution in [1.29, 1.82) is 0 Å². The number of nitrogens with zero attached hydrogens (tertiary/aromatic N) is 2. The van der Waals surface area contributed by atoms with Crippen molar-refractivity contribution < 1.29 is 9.53 Å². The van der Waals surface area contributed by atoms with Crippen molar-refractivity contribution in [2.24, 2.45) is 4.99 Å². The second-order valence-electron chi connectivity index (χ2n) is 5.55. The second-order valence-corrected chi connectivity index (χ2v) is 5.55. The Morgan fingerprint density at radius 1 is 1.30 bits per heavy atom. The molecule has 0 aromatic heterocycles. The summed E-state index contributed by atoms with van der Waals surface area (Å²) in [5, 5.41) is 6.43. The largest absolute Gasteiger partial charge is 0.377 e. The molecule has 0 heterocycles. The van der Waals surface area contributed by atoms with E-state index in [0.29, 0.717) is 12.5 Å². The van der Waals surface area contributed by atoms with Crippen molar-refractivity contribution in [3.8, 4) is 0 Å². The van der Waals surface area contributed by atoms with Crippen molar-refractivity contribution in [3.05, 3.63) is 0 Å². The number of amides is 1. The van der Waals surface area contributed by atoms with Crippen molar-refractivity contribution in [3.63, 3.8) is 0 Å². The predicted octanol–water partition coefficient (Wildman–Crippen LogP) is 0.835.